The van der Waals surface area contributed by atoms with Gasteiger partial charge in [-0.15, -0.1) is 0 Å². The number of hydrogen-bond acceptors (Lipinski definition) is 6. The fourth-order valence-electron chi connectivity index (χ4n) is 4.54. The number of hydrogen-bond donors (Lipinski definition) is 2. The number of rotatable bonds is 8. The zero-order valence-electron chi connectivity index (χ0n) is 21.4. The van der Waals surface area contributed by atoms with Gasteiger partial charge in [0.1, 0.15) is 11.7 Å². The first kappa shape index (κ1) is 26.3. The van der Waals surface area contributed by atoms with Crippen molar-refractivity contribution in [3.05, 3.63) is 83.6 Å². The van der Waals surface area contributed by atoms with E-state index in [1.807, 2.05) is 69.4 Å². The minimum atomic E-state index is -0.950. The van der Waals surface area contributed by atoms with Crippen LogP contribution in [0, 0.1) is 5.92 Å². The van der Waals surface area contributed by atoms with Crippen molar-refractivity contribution in [2.45, 2.75) is 32.5 Å². The highest BCUT2D eigenvalue weighted by Gasteiger charge is 2.34. The molecule has 0 radical (unpaired) electrons. The van der Waals surface area contributed by atoms with E-state index in [0.717, 1.165) is 16.7 Å². The van der Waals surface area contributed by atoms with Crippen molar-refractivity contribution >= 4 is 11.9 Å². The molecular weight excluding hydrogens is 470 g/mol. The topological polar surface area (TPSA) is 103 Å². The third kappa shape index (κ3) is 6.15. The molecule has 1 aliphatic heterocycles. The molecular formula is C29H33N3O5. The molecule has 194 valence electrons. The molecule has 0 aliphatic carbocycles. The number of ether oxygens (including phenoxy) is 1. The number of aliphatic hydroxyl groups is 1. The number of nitrogens with zero attached hydrogens (tertiary/aromatic N) is 3. The number of pyridine rings is 1. The van der Waals surface area contributed by atoms with Crippen molar-refractivity contribution in [2.75, 3.05) is 26.7 Å². The summed E-state index contributed by atoms with van der Waals surface area (Å²) in [6.07, 6.45) is 1.46. The molecule has 1 aliphatic rings. The maximum absolute atomic E-state index is 13.6. The van der Waals surface area contributed by atoms with Gasteiger partial charge in [0.25, 0.3) is 5.91 Å². The van der Waals surface area contributed by atoms with Crippen LogP contribution in [0.25, 0.3) is 11.1 Å². The lowest BCUT2D eigenvalue weighted by atomic mass is 9.99. The Kier molecular flexibility index (Phi) is 8.21. The van der Waals surface area contributed by atoms with Crippen LogP contribution in [-0.2, 0) is 6.54 Å². The summed E-state index contributed by atoms with van der Waals surface area (Å²) in [7, 11) is 1.98. The Bertz CT molecular complexity index is 1230. The molecule has 3 aromatic rings. The van der Waals surface area contributed by atoms with Gasteiger partial charge in [0.05, 0.1) is 18.2 Å². The number of benzene rings is 2. The van der Waals surface area contributed by atoms with Gasteiger partial charge in [0, 0.05) is 37.3 Å². The highest BCUT2D eigenvalue weighted by Crippen LogP contribution is 2.30. The molecule has 0 spiro atoms. The van der Waals surface area contributed by atoms with Crippen molar-refractivity contribution in [2.24, 2.45) is 5.92 Å². The summed E-state index contributed by atoms with van der Waals surface area (Å²) in [5, 5.41) is 19.0. The second-order valence-electron chi connectivity index (χ2n) is 9.76. The summed E-state index contributed by atoms with van der Waals surface area (Å²) in [4.78, 5) is 33.1. The summed E-state index contributed by atoms with van der Waals surface area (Å²) in [6.45, 7) is 5.34. The molecule has 2 heterocycles. The van der Waals surface area contributed by atoms with Crippen molar-refractivity contribution in [1.82, 2.24) is 14.8 Å². The Morgan fingerprint density at radius 2 is 1.86 bits per heavy atom. The van der Waals surface area contributed by atoms with Gasteiger partial charge in [-0.05, 0) is 43.3 Å². The van der Waals surface area contributed by atoms with Gasteiger partial charge in [-0.25, -0.2) is 9.78 Å². The Hall–Kier alpha value is -3.75. The van der Waals surface area contributed by atoms with Gasteiger partial charge in [-0.3, -0.25) is 9.69 Å². The van der Waals surface area contributed by atoms with Crippen molar-refractivity contribution in [3.63, 3.8) is 0 Å². The average molecular weight is 504 g/mol. The SMILES string of the molecule is C[C@@H]1CN([C@H](C)CO)C(=O)c2cc(-c3ccccc3)cnc2O[C@@H]1CN(C)Cc1ccc(C(=O)O)cc1. The summed E-state index contributed by atoms with van der Waals surface area (Å²) in [5.74, 6) is -0.900. The molecule has 37 heavy (non-hydrogen) atoms. The Balaban J connectivity index is 1.60. The zero-order valence-corrected chi connectivity index (χ0v) is 21.4. The predicted octanol–water partition coefficient (Wildman–Crippen LogP) is 3.80. The van der Waals surface area contributed by atoms with Gasteiger partial charge < -0.3 is 19.8 Å². The molecule has 2 aromatic carbocycles. The number of fused-ring (bicyclic) bond motifs is 1. The first-order valence-electron chi connectivity index (χ1n) is 12.4. The fraction of sp³-hybridized carbons (Fsp3) is 0.345. The molecule has 8 heteroatoms. The van der Waals surface area contributed by atoms with E-state index in [1.165, 1.54) is 0 Å². The highest BCUT2D eigenvalue weighted by molar-refractivity contribution is 5.98. The number of carboxylic acids is 1. The first-order valence-corrected chi connectivity index (χ1v) is 12.4. The minimum absolute atomic E-state index is 0.0291. The standard InChI is InChI=1S/C29H33N3O5/c1-19-15-32(20(2)18-33)28(34)25-13-24(22-7-5-4-6-8-22)14-30-27(25)37-26(19)17-31(3)16-21-9-11-23(12-10-21)29(35)36/h4-14,19-20,26,33H,15-18H2,1-3H3,(H,35,36)/t19-,20-,26-/m1/s1. The second kappa shape index (κ2) is 11.5. The molecule has 2 N–H and O–H groups in total. The summed E-state index contributed by atoms with van der Waals surface area (Å²) in [6, 6.07) is 18.0. The lowest BCUT2D eigenvalue weighted by Crippen LogP contribution is -2.49. The van der Waals surface area contributed by atoms with Crippen LogP contribution in [0.4, 0.5) is 0 Å². The highest BCUT2D eigenvalue weighted by atomic mass is 16.5. The molecule has 8 nitrogen and oxygen atoms in total. The predicted molar refractivity (Wildman–Crippen MR) is 141 cm³/mol. The van der Waals surface area contributed by atoms with Crippen LogP contribution in [0.1, 0.15) is 40.1 Å². The lowest BCUT2D eigenvalue weighted by molar-refractivity contribution is 0.0325. The number of aromatic nitrogens is 1. The largest absolute Gasteiger partial charge is 0.478 e. The van der Waals surface area contributed by atoms with E-state index >= 15 is 0 Å². The van der Waals surface area contributed by atoms with Crippen molar-refractivity contribution < 1.29 is 24.5 Å². The maximum atomic E-state index is 13.6. The molecule has 0 fully saturated rings. The van der Waals surface area contributed by atoms with Crippen LogP contribution >= 0.6 is 0 Å². The molecule has 4 rings (SSSR count). The van der Waals surface area contributed by atoms with E-state index in [9.17, 15) is 14.7 Å². The Morgan fingerprint density at radius 3 is 2.51 bits per heavy atom. The zero-order chi connectivity index (χ0) is 26.5. The first-order chi connectivity index (χ1) is 17.8. The molecule has 3 atom stereocenters. The van der Waals surface area contributed by atoms with Crippen LogP contribution in [0.15, 0.2) is 66.9 Å². The molecule has 0 saturated carbocycles. The number of amides is 1. The van der Waals surface area contributed by atoms with Crippen molar-refractivity contribution in [1.29, 1.82) is 0 Å². The van der Waals surface area contributed by atoms with Crippen molar-refractivity contribution in [3.8, 4) is 17.0 Å². The van der Waals surface area contributed by atoms with E-state index < -0.39 is 5.97 Å². The smallest absolute Gasteiger partial charge is 0.335 e. The van der Waals surface area contributed by atoms with Crippen LogP contribution in [0.3, 0.4) is 0 Å². The summed E-state index contributed by atoms with van der Waals surface area (Å²) >= 11 is 0. The van der Waals surface area contributed by atoms with Gasteiger partial charge in [0.2, 0.25) is 5.88 Å². The lowest BCUT2D eigenvalue weighted by Gasteiger charge is -2.37. The molecule has 0 saturated heterocycles. The van der Waals surface area contributed by atoms with Gasteiger partial charge in [-0.2, -0.15) is 0 Å². The number of carbonyl (C=O) groups excluding carboxylic acids is 1. The van der Waals surface area contributed by atoms with Gasteiger partial charge in [-0.1, -0.05) is 49.4 Å². The number of aliphatic hydroxyl groups excluding tert-OH is 1. The van der Waals surface area contributed by atoms with E-state index in [0.29, 0.717) is 25.2 Å². The number of carboxylic acid groups (broad SMARTS) is 1. The third-order valence-electron chi connectivity index (χ3n) is 6.77. The van der Waals surface area contributed by atoms with E-state index in [2.05, 4.69) is 9.88 Å². The molecule has 0 bridgehead atoms. The average Bonchev–Trinajstić information content (AvgIpc) is 2.90. The number of aromatic carboxylic acids is 1. The minimum Gasteiger partial charge on any atom is -0.478 e. The normalized spacial score (nSPS) is 18.5. The molecule has 1 amide bonds. The number of likely N-dealkylation sites (N-methyl/N-ethyl adjacent to an activating group) is 1. The molecule has 1 aromatic heterocycles. The number of carbonyl (C=O) groups is 2. The van der Waals surface area contributed by atoms with Crippen LogP contribution < -0.4 is 4.74 Å². The van der Waals surface area contributed by atoms with Crippen LogP contribution in [-0.4, -0.2) is 75.8 Å². The summed E-state index contributed by atoms with van der Waals surface area (Å²) < 4.78 is 6.39. The Labute approximate surface area is 217 Å². The fourth-order valence-corrected chi connectivity index (χ4v) is 4.54. The quantitative estimate of drug-likeness (QED) is 0.482. The summed E-state index contributed by atoms with van der Waals surface area (Å²) in [5.41, 5.74) is 3.39. The monoisotopic (exact) mass is 503 g/mol. The third-order valence-corrected chi connectivity index (χ3v) is 6.77. The second-order valence-corrected chi connectivity index (χ2v) is 9.76. The molecule has 0 unspecified atom stereocenters. The van der Waals surface area contributed by atoms with Crippen LogP contribution in [0.2, 0.25) is 0 Å². The Morgan fingerprint density at radius 1 is 1.16 bits per heavy atom. The van der Waals surface area contributed by atoms with E-state index in [-0.39, 0.29) is 42.0 Å². The maximum Gasteiger partial charge on any atom is 0.335 e. The van der Waals surface area contributed by atoms with Gasteiger partial charge in [0.15, 0.2) is 0 Å². The van der Waals surface area contributed by atoms with Gasteiger partial charge >= 0.3 is 5.97 Å². The van der Waals surface area contributed by atoms with E-state index in [4.69, 9.17) is 9.84 Å². The van der Waals surface area contributed by atoms with E-state index in [1.54, 1.807) is 23.2 Å². The van der Waals surface area contributed by atoms with Crippen LogP contribution in [0.5, 0.6) is 5.88 Å².